The Bertz CT molecular complexity index is 403. The molecule has 2 atom stereocenters. The first kappa shape index (κ1) is 12.9. The number of aromatic carboxylic acids is 1. The molecule has 98 valence electrons. The van der Waals surface area contributed by atoms with Gasteiger partial charge in [-0.15, -0.1) is 0 Å². The fourth-order valence-corrected chi connectivity index (χ4v) is 2.71. The maximum Gasteiger partial charge on any atom is 0.354 e. The summed E-state index contributed by atoms with van der Waals surface area (Å²) in [6, 6.07) is 3.85. The number of rotatable bonds is 4. The lowest BCUT2D eigenvalue weighted by atomic mass is 9.83. The maximum absolute atomic E-state index is 10.7. The Kier molecular flexibility index (Phi) is 4.18. The molecule has 1 aliphatic rings. The van der Waals surface area contributed by atoms with Crippen molar-refractivity contribution in [3.8, 4) is 0 Å². The van der Waals surface area contributed by atoms with Crippen molar-refractivity contribution in [2.75, 3.05) is 5.32 Å². The van der Waals surface area contributed by atoms with E-state index in [1.807, 2.05) is 0 Å². The van der Waals surface area contributed by atoms with Crippen LogP contribution in [0.5, 0.6) is 0 Å². The highest BCUT2D eigenvalue weighted by molar-refractivity contribution is 5.85. The average Bonchev–Trinajstić information content (AvgIpc) is 2.40. The first-order chi connectivity index (χ1) is 8.70. The zero-order chi connectivity index (χ0) is 13.0. The van der Waals surface area contributed by atoms with E-state index in [1.54, 1.807) is 18.3 Å². The Hall–Kier alpha value is -1.58. The minimum absolute atomic E-state index is 0.0937. The second kappa shape index (κ2) is 5.85. The number of nitrogens with zero attached hydrogens (tertiary/aromatic N) is 1. The van der Waals surface area contributed by atoms with Gasteiger partial charge < -0.3 is 10.4 Å². The van der Waals surface area contributed by atoms with E-state index in [1.165, 1.54) is 32.1 Å². The van der Waals surface area contributed by atoms with Crippen molar-refractivity contribution in [1.29, 1.82) is 0 Å². The summed E-state index contributed by atoms with van der Waals surface area (Å²) >= 11 is 0. The van der Waals surface area contributed by atoms with Crippen LogP contribution in [-0.4, -0.2) is 22.1 Å². The van der Waals surface area contributed by atoms with Crippen molar-refractivity contribution in [1.82, 2.24) is 4.98 Å². The summed E-state index contributed by atoms with van der Waals surface area (Å²) in [4.78, 5) is 14.7. The Labute approximate surface area is 107 Å². The van der Waals surface area contributed by atoms with Gasteiger partial charge in [0.15, 0.2) is 0 Å². The third-order valence-corrected chi connectivity index (χ3v) is 3.77. The van der Waals surface area contributed by atoms with Crippen LogP contribution in [-0.2, 0) is 0 Å². The molecule has 4 nitrogen and oxygen atoms in total. The lowest BCUT2D eigenvalue weighted by Gasteiger charge is -2.32. The number of nitrogens with one attached hydrogen (secondary N) is 1. The van der Waals surface area contributed by atoms with Crippen molar-refractivity contribution in [3.63, 3.8) is 0 Å². The number of anilines is 1. The Balaban J connectivity index is 2.01. The van der Waals surface area contributed by atoms with Crippen molar-refractivity contribution in [2.24, 2.45) is 5.92 Å². The van der Waals surface area contributed by atoms with Crippen LogP contribution in [0.2, 0.25) is 0 Å². The van der Waals surface area contributed by atoms with Crippen LogP contribution in [0.1, 0.15) is 49.5 Å². The lowest BCUT2D eigenvalue weighted by molar-refractivity contribution is 0.0690. The smallest absolute Gasteiger partial charge is 0.354 e. The molecule has 1 saturated carbocycles. The molecule has 1 aliphatic carbocycles. The Morgan fingerprint density at radius 1 is 1.44 bits per heavy atom. The second-order valence-corrected chi connectivity index (χ2v) is 4.94. The fourth-order valence-electron chi connectivity index (χ4n) is 2.71. The molecule has 1 heterocycles. The Morgan fingerprint density at radius 3 is 2.83 bits per heavy atom. The van der Waals surface area contributed by atoms with Gasteiger partial charge in [-0.3, -0.25) is 0 Å². The number of carboxylic acids is 1. The number of aromatic nitrogens is 1. The summed E-state index contributed by atoms with van der Waals surface area (Å²) in [5, 5.41) is 12.3. The van der Waals surface area contributed by atoms with Crippen LogP contribution in [0.3, 0.4) is 0 Å². The van der Waals surface area contributed by atoms with Crippen LogP contribution in [0.4, 0.5) is 5.69 Å². The van der Waals surface area contributed by atoms with Gasteiger partial charge in [-0.1, -0.05) is 26.2 Å². The second-order valence-electron chi connectivity index (χ2n) is 4.94. The molecule has 2 N–H and O–H groups in total. The molecular weight excluding hydrogens is 228 g/mol. The van der Waals surface area contributed by atoms with Crippen LogP contribution < -0.4 is 5.32 Å². The van der Waals surface area contributed by atoms with Gasteiger partial charge in [-0.2, -0.15) is 0 Å². The lowest BCUT2D eigenvalue weighted by Crippen LogP contribution is -2.31. The van der Waals surface area contributed by atoms with Crippen molar-refractivity contribution in [2.45, 2.75) is 45.1 Å². The summed E-state index contributed by atoms with van der Waals surface area (Å²) < 4.78 is 0. The van der Waals surface area contributed by atoms with Gasteiger partial charge in [-0.25, -0.2) is 9.78 Å². The zero-order valence-electron chi connectivity index (χ0n) is 10.7. The summed E-state index contributed by atoms with van der Waals surface area (Å²) in [7, 11) is 0. The molecule has 1 aromatic heterocycles. The monoisotopic (exact) mass is 248 g/mol. The van der Waals surface area contributed by atoms with Gasteiger partial charge in [0.05, 0.1) is 11.9 Å². The quantitative estimate of drug-likeness (QED) is 0.859. The molecule has 0 amide bonds. The number of hydrogen-bond donors (Lipinski definition) is 2. The highest BCUT2D eigenvalue weighted by Gasteiger charge is 2.23. The fraction of sp³-hybridized carbons (Fsp3) is 0.571. The topological polar surface area (TPSA) is 62.2 Å². The van der Waals surface area contributed by atoms with E-state index in [0.29, 0.717) is 6.04 Å². The standard InChI is InChI=1S/C14H20N2O2/c1-2-10-5-3-4-6-12(10)16-11-7-8-13(14(17)18)15-9-11/h7-10,12,16H,2-6H2,1H3,(H,17,18). The van der Waals surface area contributed by atoms with E-state index in [0.717, 1.165) is 11.6 Å². The van der Waals surface area contributed by atoms with E-state index in [9.17, 15) is 4.79 Å². The third kappa shape index (κ3) is 3.00. The summed E-state index contributed by atoms with van der Waals surface area (Å²) in [6.45, 7) is 2.23. The van der Waals surface area contributed by atoms with Gasteiger partial charge in [0.25, 0.3) is 0 Å². The largest absolute Gasteiger partial charge is 0.477 e. The number of pyridine rings is 1. The minimum Gasteiger partial charge on any atom is -0.477 e. The van der Waals surface area contributed by atoms with Crippen LogP contribution in [0.25, 0.3) is 0 Å². The highest BCUT2D eigenvalue weighted by atomic mass is 16.4. The molecule has 1 aromatic rings. The number of carboxylic acid groups (broad SMARTS) is 1. The van der Waals surface area contributed by atoms with Gasteiger partial charge in [0.1, 0.15) is 5.69 Å². The molecule has 0 spiro atoms. The predicted molar refractivity (Wildman–Crippen MR) is 70.9 cm³/mol. The van der Waals surface area contributed by atoms with Crippen molar-refractivity contribution < 1.29 is 9.90 Å². The average molecular weight is 248 g/mol. The van der Waals surface area contributed by atoms with Crippen molar-refractivity contribution >= 4 is 11.7 Å². The molecule has 0 saturated heterocycles. The molecule has 0 aliphatic heterocycles. The van der Waals surface area contributed by atoms with E-state index in [-0.39, 0.29) is 5.69 Å². The minimum atomic E-state index is -0.981. The summed E-state index contributed by atoms with van der Waals surface area (Å²) in [5.41, 5.74) is 1.02. The molecule has 1 fully saturated rings. The molecule has 2 rings (SSSR count). The molecule has 0 bridgehead atoms. The zero-order valence-corrected chi connectivity index (χ0v) is 10.7. The van der Waals surface area contributed by atoms with Crippen LogP contribution in [0.15, 0.2) is 18.3 Å². The first-order valence-corrected chi connectivity index (χ1v) is 6.66. The Morgan fingerprint density at radius 2 is 2.22 bits per heavy atom. The van der Waals surface area contributed by atoms with E-state index in [4.69, 9.17) is 5.11 Å². The number of hydrogen-bond acceptors (Lipinski definition) is 3. The van der Waals surface area contributed by atoms with E-state index >= 15 is 0 Å². The van der Waals surface area contributed by atoms with Gasteiger partial charge >= 0.3 is 5.97 Å². The molecule has 18 heavy (non-hydrogen) atoms. The van der Waals surface area contributed by atoms with Gasteiger partial charge in [0.2, 0.25) is 0 Å². The summed E-state index contributed by atoms with van der Waals surface area (Å²) in [6.07, 6.45) is 7.89. The highest BCUT2D eigenvalue weighted by Crippen LogP contribution is 2.29. The maximum atomic E-state index is 10.7. The third-order valence-electron chi connectivity index (χ3n) is 3.77. The molecule has 2 unspecified atom stereocenters. The van der Waals surface area contributed by atoms with Crippen molar-refractivity contribution in [3.05, 3.63) is 24.0 Å². The number of carbonyl (C=O) groups is 1. The first-order valence-electron chi connectivity index (χ1n) is 6.66. The molecule has 0 radical (unpaired) electrons. The van der Waals surface area contributed by atoms with E-state index in [2.05, 4.69) is 17.2 Å². The predicted octanol–water partition coefficient (Wildman–Crippen LogP) is 3.16. The summed E-state index contributed by atoms with van der Waals surface area (Å²) in [5.74, 6) is -0.261. The van der Waals surface area contributed by atoms with E-state index < -0.39 is 5.97 Å². The molecule has 0 aromatic carbocycles. The molecular formula is C14H20N2O2. The van der Waals surface area contributed by atoms with Gasteiger partial charge in [-0.05, 0) is 30.9 Å². The van der Waals surface area contributed by atoms with Crippen LogP contribution in [0, 0.1) is 5.92 Å². The molecule has 4 heteroatoms. The van der Waals surface area contributed by atoms with Gasteiger partial charge in [0, 0.05) is 6.04 Å². The SMILES string of the molecule is CCC1CCCCC1Nc1ccc(C(=O)O)nc1. The van der Waals surface area contributed by atoms with Crippen LogP contribution >= 0.6 is 0 Å². The normalized spacial score (nSPS) is 23.6.